The van der Waals surface area contributed by atoms with E-state index in [-0.39, 0.29) is 6.04 Å². The monoisotopic (exact) mass is 576 g/mol. The molecule has 0 spiro atoms. The smallest absolute Gasteiger partial charge is 0.475 e. The SMILES string of the molecule is Cc1ccc(C(CN2CCOCC2)Nc2nc(-c3cccc(Cl)c3)nc3c2CCCC3)cc1.O=C(O)C(F)(F)F. The number of anilines is 1. The molecular weight excluding hydrogens is 545 g/mol. The molecular formula is C29H32ClF3N4O3. The van der Waals surface area contributed by atoms with E-state index in [0.717, 1.165) is 62.9 Å². The van der Waals surface area contributed by atoms with E-state index in [9.17, 15) is 13.2 Å². The molecule has 2 heterocycles. The van der Waals surface area contributed by atoms with E-state index in [0.29, 0.717) is 5.02 Å². The lowest BCUT2D eigenvalue weighted by Gasteiger charge is -2.32. The van der Waals surface area contributed by atoms with Crippen LogP contribution in [0.4, 0.5) is 19.0 Å². The minimum absolute atomic E-state index is 0.136. The van der Waals surface area contributed by atoms with Crippen molar-refractivity contribution in [3.63, 3.8) is 0 Å². The van der Waals surface area contributed by atoms with Gasteiger partial charge < -0.3 is 15.2 Å². The number of nitrogens with one attached hydrogen (secondary N) is 1. The van der Waals surface area contributed by atoms with E-state index in [1.54, 1.807) is 0 Å². The maximum absolute atomic E-state index is 10.6. The van der Waals surface area contributed by atoms with Crippen LogP contribution in [-0.2, 0) is 22.4 Å². The second-order valence-electron chi connectivity index (χ2n) is 9.86. The van der Waals surface area contributed by atoms with Crippen molar-refractivity contribution in [2.45, 2.75) is 44.8 Å². The molecule has 1 fully saturated rings. The lowest BCUT2D eigenvalue weighted by Crippen LogP contribution is -2.40. The Morgan fingerprint density at radius 2 is 1.77 bits per heavy atom. The van der Waals surface area contributed by atoms with Crippen LogP contribution < -0.4 is 5.32 Å². The molecule has 5 rings (SSSR count). The standard InChI is InChI=1S/C27H31ClN4O.C2HF3O2/c1-19-9-11-20(12-10-19)25(18-32-13-15-33-16-14-32)30-27-23-7-2-3-8-24(23)29-26(31-27)21-5-4-6-22(28)17-21;3-2(4,5)1(6)7/h4-6,9-12,17,25H,2-3,7-8,13-16,18H2,1H3,(H,29,30,31);(H,6,7). The van der Waals surface area contributed by atoms with Gasteiger partial charge in [0, 0.05) is 41.5 Å². The molecule has 2 aromatic carbocycles. The molecule has 0 bridgehead atoms. The van der Waals surface area contributed by atoms with Crippen molar-refractivity contribution in [1.82, 2.24) is 14.9 Å². The minimum atomic E-state index is -5.08. The molecule has 1 aliphatic heterocycles. The Morgan fingerprint density at radius 1 is 1.10 bits per heavy atom. The van der Waals surface area contributed by atoms with Crippen LogP contribution in [0.1, 0.15) is 41.3 Å². The number of nitrogens with zero attached hydrogens (tertiary/aromatic N) is 3. The third-order valence-electron chi connectivity index (χ3n) is 6.84. The van der Waals surface area contributed by atoms with Crippen molar-refractivity contribution in [3.05, 3.63) is 75.9 Å². The summed E-state index contributed by atoms with van der Waals surface area (Å²) in [4.78, 5) is 21.4. The zero-order valence-corrected chi connectivity index (χ0v) is 22.9. The number of carbonyl (C=O) groups is 1. The topological polar surface area (TPSA) is 87.6 Å². The van der Waals surface area contributed by atoms with Crippen LogP contribution in [0, 0.1) is 6.92 Å². The number of hydrogen-bond acceptors (Lipinski definition) is 6. The first-order chi connectivity index (χ1) is 19.1. The van der Waals surface area contributed by atoms with Crippen LogP contribution in [0.5, 0.6) is 0 Å². The summed E-state index contributed by atoms with van der Waals surface area (Å²) >= 11 is 6.28. The van der Waals surface area contributed by atoms with Gasteiger partial charge in [-0.1, -0.05) is 53.6 Å². The van der Waals surface area contributed by atoms with Gasteiger partial charge in [-0.25, -0.2) is 14.8 Å². The first kappa shape index (κ1) is 29.8. The van der Waals surface area contributed by atoms with Crippen molar-refractivity contribution < 1.29 is 27.8 Å². The zero-order valence-electron chi connectivity index (χ0n) is 22.2. The summed E-state index contributed by atoms with van der Waals surface area (Å²) in [5.74, 6) is -1.05. The van der Waals surface area contributed by atoms with Gasteiger partial charge in [0.25, 0.3) is 0 Å². The Labute approximate surface area is 236 Å². The van der Waals surface area contributed by atoms with Crippen molar-refractivity contribution in [3.8, 4) is 11.4 Å². The van der Waals surface area contributed by atoms with Crippen LogP contribution in [-0.4, -0.2) is 65.0 Å². The number of rotatable bonds is 6. The Balaban J connectivity index is 0.000000470. The first-order valence-corrected chi connectivity index (χ1v) is 13.6. The summed E-state index contributed by atoms with van der Waals surface area (Å²) in [5, 5.41) is 11.7. The quantitative estimate of drug-likeness (QED) is 0.366. The number of morpholine rings is 1. The van der Waals surface area contributed by atoms with Gasteiger partial charge in [-0.15, -0.1) is 0 Å². The van der Waals surface area contributed by atoms with E-state index < -0.39 is 12.1 Å². The second-order valence-corrected chi connectivity index (χ2v) is 10.3. The molecule has 3 aromatic rings. The molecule has 1 aromatic heterocycles. The highest BCUT2D eigenvalue weighted by molar-refractivity contribution is 6.30. The minimum Gasteiger partial charge on any atom is -0.475 e. The fourth-order valence-electron chi connectivity index (χ4n) is 4.71. The number of aryl methyl sites for hydroxylation is 2. The van der Waals surface area contributed by atoms with Crippen molar-refractivity contribution in [2.24, 2.45) is 0 Å². The number of benzene rings is 2. The Morgan fingerprint density at radius 3 is 2.42 bits per heavy atom. The van der Waals surface area contributed by atoms with Gasteiger partial charge in [0.1, 0.15) is 5.82 Å². The average molecular weight is 577 g/mol. The first-order valence-electron chi connectivity index (χ1n) is 13.2. The van der Waals surface area contributed by atoms with Gasteiger partial charge in [-0.3, -0.25) is 4.90 Å². The molecule has 1 aliphatic carbocycles. The number of hydrogen-bond donors (Lipinski definition) is 2. The third-order valence-corrected chi connectivity index (χ3v) is 7.08. The molecule has 0 radical (unpaired) electrons. The summed E-state index contributed by atoms with van der Waals surface area (Å²) in [5.41, 5.74) is 5.94. The van der Waals surface area contributed by atoms with Gasteiger partial charge >= 0.3 is 12.1 Å². The predicted octanol–water partition coefficient (Wildman–Crippen LogP) is 6.10. The Hall–Kier alpha value is -3.21. The molecule has 0 amide bonds. The summed E-state index contributed by atoms with van der Waals surface area (Å²) in [6, 6.07) is 16.8. The lowest BCUT2D eigenvalue weighted by atomic mass is 9.95. The van der Waals surface area contributed by atoms with E-state index >= 15 is 0 Å². The molecule has 2 N–H and O–H groups in total. The molecule has 7 nitrogen and oxygen atoms in total. The van der Waals surface area contributed by atoms with Gasteiger partial charge in [0.2, 0.25) is 0 Å². The Kier molecular flexibility index (Phi) is 9.99. The average Bonchev–Trinajstić information content (AvgIpc) is 2.93. The zero-order chi connectivity index (χ0) is 28.7. The summed E-state index contributed by atoms with van der Waals surface area (Å²) in [6.07, 6.45) is -0.710. The van der Waals surface area contributed by atoms with Gasteiger partial charge in [0.15, 0.2) is 5.82 Å². The van der Waals surface area contributed by atoms with Gasteiger partial charge in [-0.05, 0) is 50.3 Å². The van der Waals surface area contributed by atoms with Gasteiger partial charge in [-0.2, -0.15) is 13.2 Å². The molecule has 2 aliphatic rings. The molecule has 0 saturated carbocycles. The highest BCUT2D eigenvalue weighted by Gasteiger charge is 2.38. The third kappa shape index (κ3) is 8.16. The van der Waals surface area contributed by atoms with Crippen molar-refractivity contribution >= 4 is 23.4 Å². The normalized spacial score (nSPS) is 16.3. The number of halogens is 4. The molecule has 1 saturated heterocycles. The van der Waals surface area contributed by atoms with E-state index in [1.807, 2.05) is 24.3 Å². The van der Waals surface area contributed by atoms with Crippen molar-refractivity contribution in [1.29, 1.82) is 0 Å². The maximum Gasteiger partial charge on any atom is 0.490 e. The molecule has 11 heteroatoms. The number of ether oxygens (including phenoxy) is 1. The van der Waals surface area contributed by atoms with Crippen LogP contribution in [0.25, 0.3) is 11.4 Å². The van der Waals surface area contributed by atoms with E-state index in [2.05, 4.69) is 41.4 Å². The fourth-order valence-corrected chi connectivity index (χ4v) is 4.90. The molecule has 214 valence electrons. The number of carboxylic acids is 1. The maximum atomic E-state index is 10.6. The summed E-state index contributed by atoms with van der Waals surface area (Å²) < 4.78 is 37.3. The largest absolute Gasteiger partial charge is 0.490 e. The number of carboxylic acid groups (broad SMARTS) is 1. The van der Waals surface area contributed by atoms with Crippen LogP contribution >= 0.6 is 11.6 Å². The molecule has 40 heavy (non-hydrogen) atoms. The number of aromatic nitrogens is 2. The van der Waals surface area contributed by atoms with E-state index in [1.165, 1.54) is 35.2 Å². The number of fused-ring (bicyclic) bond motifs is 1. The highest BCUT2D eigenvalue weighted by atomic mass is 35.5. The second kappa shape index (κ2) is 13.4. The molecule has 1 unspecified atom stereocenters. The fraction of sp³-hybridized carbons (Fsp3) is 0.414. The summed E-state index contributed by atoms with van der Waals surface area (Å²) in [6.45, 7) is 6.55. The molecule has 1 atom stereocenters. The predicted molar refractivity (Wildman–Crippen MR) is 148 cm³/mol. The van der Waals surface area contributed by atoms with E-state index in [4.69, 9.17) is 36.2 Å². The lowest BCUT2D eigenvalue weighted by molar-refractivity contribution is -0.192. The highest BCUT2D eigenvalue weighted by Crippen LogP contribution is 2.32. The van der Waals surface area contributed by atoms with Crippen LogP contribution in [0.15, 0.2) is 48.5 Å². The summed E-state index contributed by atoms with van der Waals surface area (Å²) in [7, 11) is 0. The van der Waals surface area contributed by atoms with Crippen LogP contribution in [0.2, 0.25) is 5.02 Å². The number of alkyl halides is 3. The van der Waals surface area contributed by atoms with Crippen LogP contribution in [0.3, 0.4) is 0 Å². The number of aliphatic carboxylic acids is 1. The van der Waals surface area contributed by atoms with Gasteiger partial charge in [0.05, 0.1) is 19.3 Å². The van der Waals surface area contributed by atoms with Crippen molar-refractivity contribution in [2.75, 3.05) is 38.2 Å². The Bertz CT molecular complexity index is 1300.